The molecule has 0 bridgehead atoms. The number of anilines is 2. The molecule has 18 heteroatoms. The van der Waals surface area contributed by atoms with Crippen LogP contribution in [0.3, 0.4) is 0 Å². The highest BCUT2D eigenvalue weighted by Crippen LogP contribution is 2.51. The number of fused-ring (bicyclic) bond motifs is 2. The zero-order chi connectivity index (χ0) is 51.8. The summed E-state index contributed by atoms with van der Waals surface area (Å²) in [5, 5.41) is 10.8. The summed E-state index contributed by atoms with van der Waals surface area (Å²) in [5.74, 6) is 2.01. The Balaban J connectivity index is 0.662. The number of carbonyl (C=O) groups excluding carboxylic acids is 4. The van der Waals surface area contributed by atoms with Crippen molar-refractivity contribution < 1.29 is 32.3 Å². The number of hydrogen-bond donors (Lipinski definition) is 1. The molecule has 4 aromatic rings. The standard InChI is InChI=1S/C56H70F3N11O4/c1-35-26-55(27-35,29-48-63-60-34-64(48)5)40-7-6-8-41(25-40)69-33-44-43(52(69)73)23-39(24-45(44)56(57,58)59)32-68-18-15-38(28-54(68,3)4)31-66-21-19-65(20-22-66)30-37-13-16-67(17-14-37)47-11-9-42-50(61-47)36(2)70(53(42)74)46-10-12-49(71)62-51(46)72/h6-9,11,23-25,34-38,46H,10,12-22,26-33H2,1-5H3,(H,62,71,72)/t35-,36?,38?,46?,55-. The molecule has 0 spiro atoms. The van der Waals surface area contributed by atoms with Crippen LogP contribution in [0.1, 0.15) is 140 Å². The van der Waals surface area contributed by atoms with Gasteiger partial charge in [-0.15, -0.1) is 10.2 Å². The summed E-state index contributed by atoms with van der Waals surface area (Å²) in [4.78, 5) is 69.9. The van der Waals surface area contributed by atoms with Gasteiger partial charge >= 0.3 is 6.18 Å². The summed E-state index contributed by atoms with van der Waals surface area (Å²) in [5.41, 5.74) is 2.48. The Kier molecular flexibility index (Phi) is 13.3. The maximum Gasteiger partial charge on any atom is 0.416 e. The fraction of sp³-hybridized carbons (Fsp3) is 0.589. The van der Waals surface area contributed by atoms with Crippen molar-refractivity contribution in [2.45, 2.75) is 128 Å². The molecule has 74 heavy (non-hydrogen) atoms. The number of aryl methyl sites for hydroxylation is 1. The molecule has 0 radical (unpaired) electrons. The van der Waals surface area contributed by atoms with Gasteiger partial charge in [-0.25, -0.2) is 4.98 Å². The molecular weight excluding hydrogens is 948 g/mol. The predicted octanol–water partition coefficient (Wildman–Crippen LogP) is 7.15. The van der Waals surface area contributed by atoms with Gasteiger partial charge in [0.1, 0.15) is 24.0 Å². The molecule has 2 aromatic heterocycles. The number of rotatable bonds is 12. The minimum Gasteiger partial charge on any atom is -0.357 e. The number of aromatic nitrogens is 4. The zero-order valence-corrected chi connectivity index (χ0v) is 43.5. The molecule has 4 saturated heterocycles. The van der Waals surface area contributed by atoms with Crippen molar-refractivity contribution in [1.82, 2.24) is 44.7 Å². The number of piperidine rings is 3. The fourth-order valence-electron chi connectivity index (χ4n) is 14.0. The molecule has 3 unspecified atom stereocenters. The first-order valence-corrected chi connectivity index (χ1v) is 26.9. The molecule has 6 aliphatic heterocycles. The average Bonchev–Trinajstić information content (AvgIpc) is 4.00. The number of nitrogens with one attached hydrogen (secondary N) is 1. The Morgan fingerprint density at radius 1 is 0.797 bits per heavy atom. The molecule has 15 nitrogen and oxygen atoms in total. The number of piperazine rings is 1. The SMILES string of the molecule is CC1c2nc(N3CCC(CN4CCN(CC5CCN(Cc6cc7c(c(C(F)(F)F)c6)CN(c6cccc([C@]8(Cc9nncn9C)C[C@@H](C)C8)c6)C7=O)C(C)(C)C5)CC4)CC3)ccc2C(=O)N1C1CCC(=O)NC1=O. The van der Waals surface area contributed by atoms with E-state index in [1.807, 2.05) is 48.9 Å². The van der Waals surface area contributed by atoms with Crippen LogP contribution in [0.2, 0.25) is 0 Å². The van der Waals surface area contributed by atoms with Gasteiger partial charge in [0.2, 0.25) is 11.8 Å². The summed E-state index contributed by atoms with van der Waals surface area (Å²) in [6.45, 7) is 17.5. The lowest BCUT2D eigenvalue weighted by molar-refractivity contribution is -0.139. The number of nitrogens with zero attached hydrogens (tertiary/aromatic N) is 10. The van der Waals surface area contributed by atoms with Crippen molar-refractivity contribution in [2.75, 3.05) is 68.7 Å². The van der Waals surface area contributed by atoms with Crippen molar-refractivity contribution in [3.05, 3.63) is 99.8 Å². The number of hydrogen-bond acceptors (Lipinski definition) is 11. The molecule has 2 aromatic carbocycles. The number of benzene rings is 2. The molecule has 7 aliphatic rings. The van der Waals surface area contributed by atoms with Crippen LogP contribution in [0.5, 0.6) is 0 Å². The summed E-state index contributed by atoms with van der Waals surface area (Å²) >= 11 is 0. The Labute approximate surface area is 431 Å². The molecule has 11 rings (SSSR count). The third-order valence-electron chi connectivity index (χ3n) is 18.0. The van der Waals surface area contributed by atoms with Gasteiger partial charge in [-0.1, -0.05) is 19.1 Å². The molecule has 5 fully saturated rings. The largest absolute Gasteiger partial charge is 0.416 e. The normalized spacial score (nSPS) is 27.2. The van der Waals surface area contributed by atoms with Gasteiger partial charge in [-0.05, 0) is 143 Å². The lowest BCUT2D eigenvalue weighted by Gasteiger charge is -2.47. The highest BCUT2D eigenvalue weighted by molar-refractivity contribution is 6.10. The number of halogens is 3. The van der Waals surface area contributed by atoms with E-state index < -0.39 is 23.7 Å². The summed E-state index contributed by atoms with van der Waals surface area (Å²) in [6, 6.07) is 13.6. The number of alkyl halides is 3. The third kappa shape index (κ3) is 9.63. The highest BCUT2D eigenvalue weighted by atomic mass is 19.4. The molecule has 3 atom stereocenters. The molecular formula is C56H70F3N11O4. The minimum atomic E-state index is -4.61. The van der Waals surface area contributed by atoms with Gasteiger partial charge in [-0.3, -0.25) is 29.4 Å². The Morgan fingerprint density at radius 3 is 2.18 bits per heavy atom. The first-order valence-electron chi connectivity index (χ1n) is 26.9. The smallest absolute Gasteiger partial charge is 0.357 e. The van der Waals surface area contributed by atoms with Crippen LogP contribution in [0.4, 0.5) is 24.7 Å². The first-order chi connectivity index (χ1) is 35.3. The quantitative estimate of drug-likeness (QED) is 0.145. The third-order valence-corrected chi connectivity index (χ3v) is 18.0. The molecule has 394 valence electrons. The first kappa shape index (κ1) is 50.4. The van der Waals surface area contributed by atoms with E-state index in [1.165, 1.54) is 11.0 Å². The van der Waals surface area contributed by atoms with Gasteiger partial charge in [-0.2, -0.15) is 13.2 Å². The Bertz CT molecular complexity index is 2830. The molecule has 4 amide bonds. The van der Waals surface area contributed by atoms with Gasteiger partial charge < -0.3 is 29.1 Å². The molecule has 1 saturated carbocycles. The zero-order valence-electron chi connectivity index (χ0n) is 43.5. The van der Waals surface area contributed by atoms with Gasteiger partial charge in [0, 0.05) is 101 Å². The van der Waals surface area contributed by atoms with Gasteiger partial charge in [0.25, 0.3) is 11.8 Å². The summed E-state index contributed by atoms with van der Waals surface area (Å²) in [6.07, 6.45) is 4.25. The maximum absolute atomic E-state index is 15.0. The van der Waals surface area contributed by atoms with E-state index in [0.717, 1.165) is 115 Å². The van der Waals surface area contributed by atoms with Crippen LogP contribution >= 0.6 is 0 Å². The van der Waals surface area contributed by atoms with E-state index in [9.17, 15) is 32.3 Å². The topological polar surface area (TPSA) is 143 Å². The Hall–Kier alpha value is -5.72. The fourth-order valence-corrected chi connectivity index (χ4v) is 14.0. The lowest BCUT2D eigenvalue weighted by atomic mass is 9.57. The number of pyridine rings is 1. The molecule has 8 heterocycles. The van der Waals surface area contributed by atoms with E-state index in [-0.39, 0.29) is 58.8 Å². The van der Waals surface area contributed by atoms with E-state index in [2.05, 4.69) is 62.0 Å². The van der Waals surface area contributed by atoms with Gasteiger partial charge in [0.05, 0.1) is 29.4 Å². The van der Waals surface area contributed by atoms with Crippen LogP contribution in [-0.2, 0) is 47.7 Å². The van der Waals surface area contributed by atoms with Crippen molar-refractivity contribution in [3.8, 4) is 0 Å². The highest BCUT2D eigenvalue weighted by Gasteiger charge is 2.47. The maximum atomic E-state index is 15.0. The summed E-state index contributed by atoms with van der Waals surface area (Å²) in [7, 11) is 1.93. The van der Waals surface area contributed by atoms with E-state index in [4.69, 9.17) is 4.98 Å². The van der Waals surface area contributed by atoms with Crippen LogP contribution in [-0.4, -0.2) is 133 Å². The van der Waals surface area contributed by atoms with Crippen LogP contribution in [0.25, 0.3) is 0 Å². The van der Waals surface area contributed by atoms with Crippen molar-refractivity contribution in [2.24, 2.45) is 24.8 Å². The van der Waals surface area contributed by atoms with Crippen LogP contribution in [0.15, 0.2) is 54.9 Å². The number of imide groups is 1. The van der Waals surface area contributed by atoms with E-state index in [0.29, 0.717) is 59.6 Å². The second-order valence-corrected chi connectivity index (χ2v) is 23.5. The Morgan fingerprint density at radius 2 is 1.51 bits per heavy atom. The number of carbonyl (C=O) groups is 4. The minimum absolute atomic E-state index is 0.0496. The lowest BCUT2D eigenvalue weighted by Crippen LogP contribution is -2.53. The van der Waals surface area contributed by atoms with Crippen molar-refractivity contribution >= 4 is 35.1 Å². The average molecular weight is 1020 g/mol. The van der Waals surface area contributed by atoms with E-state index >= 15 is 0 Å². The van der Waals surface area contributed by atoms with E-state index in [1.54, 1.807) is 17.3 Å². The van der Waals surface area contributed by atoms with Crippen LogP contribution in [0, 0.1) is 17.8 Å². The number of amides is 4. The monoisotopic (exact) mass is 1020 g/mol. The molecule has 1 N–H and O–H groups in total. The number of likely N-dealkylation sites (tertiary alicyclic amines) is 1. The van der Waals surface area contributed by atoms with Crippen molar-refractivity contribution in [1.29, 1.82) is 0 Å². The van der Waals surface area contributed by atoms with Crippen molar-refractivity contribution in [3.63, 3.8) is 0 Å². The van der Waals surface area contributed by atoms with Crippen LogP contribution < -0.4 is 15.1 Å². The van der Waals surface area contributed by atoms with Gasteiger partial charge in [0.15, 0.2) is 0 Å². The summed E-state index contributed by atoms with van der Waals surface area (Å²) < 4.78 is 46.8. The second kappa shape index (κ2) is 19.4. The molecule has 1 aliphatic carbocycles. The second-order valence-electron chi connectivity index (χ2n) is 23.5. The predicted molar refractivity (Wildman–Crippen MR) is 273 cm³/mol.